The van der Waals surface area contributed by atoms with Crippen molar-refractivity contribution in [2.24, 2.45) is 7.05 Å². The monoisotopic (exact) mass is 403 g/mol. The predicted octanol–water partition coefficient (Wildman–Crippen LogP) is 3.04. The molecule has 27 heavy (non-hydrogen) atoms. The van der Waals surface area contributed by atoms with Crippen molar-refractivity contribution in [2.75, 3.05) is 23.9 Å². The summed E-state index contributed by atoms with van der Waals surface area (Å²) >= 11 is 1.56. The fourth-order valence-electron chi connectivity index (χ4n) is 3.36. The summed E-state index contributed by atoms with van der Waals surface area (Å²) in [5.41, 5.74) is 0. The van der Waals surface area contributed by atoms with E-state index in [4.69, 9.17) is 4.74 Å². The molecule has 6 nitrogen and oxygen atoms in total. The van der Waals surface area contributed by atoms with Crippen LogP contribution < -0.4 is 4.74 Å². The molecule has 1 atom stereocenters. The zero-order valence-corrected chi connectivity index (χ0v) is 16.7. The van der Waals surface area contributed by atoms with E-state index in [2.05, 4.69) is 28.4 Å². The van der Waals surface area contributed by atoms with E-state index in [0.717, 1.165) is 27.9 Å². The number of hydrogen-bond acceptors (Lipinski definition) is 6. The molecule has 8 heteroatoms. The Labute approximate surface area is 162 Å². The Hall–Kier alpha value is -2.06. The second-order valence-electron chi connectivity index (χ2n) is 6.71. The highest BCUT2D eigenvalue weighted by Crippen LogP contribution is 2.29. The molecule has 142 valence electrons. The van der Waals surface area contributed by atoms with Gasteiger partial charge >= 0.3 is 0 Å². The third-order valence-corrected chi connectivity index (χ3v) is 7.52. The number of hydrogen-bond donors (Lipinski definition) is 0. The molecule has 1 aromatic heterocycles. The molecule has 0 amide bonds. The summed E-state index contributed by atoms with van der Waals surface area (Å²) in [4.78, 5) is 0. The third-order valence-electron chi connectivity index (χ3n) is 4.77. The van der Waals surface area contributed by atoms with Gasteiger partial charge in [-0.1, -0.05) is 42.1 Å². The van der Waals surface area contributed by atoms with E-state index in [1.807, 2.05) is 35.9 Å². The van der Waals surface area contributed by atoms with Crippen LogP contribution in [-0.2, 0) is 16.9 Å². The maximum absolute atomic E-state index is 11.7. The molecule has 0 radical (unpaired) electrons. The fourth-order valence-corrected chi connectivity index (χ4v) is 5.83. The SMILES string of the molecule is Cn1c(SCCOc2ccc3ccccc3c2)nnc1[C@H]1CCS(=O)(=O)C1. The quantitative estimate of drug-likeness (QED) is 0.465. The second-order valence-corrected chi connectivity index (χ2v) is 10.00. The number of sulfone groups is 1. The molecule has 3 aromatic rings. The Bertz CT molecular complexity index is 1060. The van der Waals surface area contributed by atoms with Crippen LogP contribution in [-0.4, -0.2) is 47.0 Å². The van der Waals surface area contributed by atoms with Crippen molar-refractivity contribution >= 4 is 32.4 Å². The topological polar surface area (TPSA) is 74.1 Å². The van der Waals surface area contributed by atoms with Gasteiger partial charge in [-0.2, -0.15) is 0 Å². The van der Waals surface area contributed by atoms with Gasteiger partial charge in [0.05, 0.1) is 18.1 Å². The zero-order valence-electron chi connectivity index (χ0n) is 15.0. The minimum atomic E-state index is -2.93. The number of benzene rings is 2. The summed E-state index contributed by atoms with van der Waals surface area (Å²) < 4.78 is 31.1. The van der Waals surface area contributed by atoms with E-state index in [0.29, 0.717) is 13.0 Å². The number of nitrogens with zero attached hydrogens (tertiary/aromatic N) is 3. The molecule has 0 saturated carbocycles. The maximum Gasteiger partial charge on any atom is 0.191 e. The van der Waals surface area contributed by atoms with Gasteiger partial charge in [0.15, 0.2) is 15.0 Å². The summed E-state index contributed by atoms with van der Waals surface area (Å²) in [6.07, 6.45) is 0.629. The summed E-state index contributed by atoms with van der Waals surface area (Å²) in [7, 11) is -1.03. The lowest BCUT2D eigenvalue weighted by Gasteiger charge is -2.09. The van der Waals surface area contributed by atoms with Gasteiger partial charge in [0, 0.05) is 18.7 Å². The van der Waals surface area contributed by atoms with E-state index in [9.17, 15) is 8.42 Å². The Balaban J connectivity index is 1.33. The molecule has 0 spiro atoms. The number of rotatable bonds is 6. The second kappa shape index (κ2) is 7.52. The Morgan fingerprint density at radius 3 is 2.78 bits per heavy atom. The smallest absolute Gasteiger partial charge is 0.191 e. The number of ether oxygens (including phenoxy) is 1. The molecule has 2 aromatic carbocycles. The van der Waals surface area contributed by atoms with Gasteiger partial charge in [-0.25, -0.2) is 8.42 Å². The molecular weight excluding hydrogens is 382 g/mol. The summed E-state index contributed by atoms with van der Waals surface area (Å²) in [6.45, 7) is 0.559. The van der Waals surface area contributed by atoms with Crippen molar-refractivity contribution in [3.8, 4) is 5.75 Å². The highest BCUT2D eigenvalue weighted by molar-refractivity contribution is 7.99. The highest BCUT2D eigenvalue weighted by atomic mass is 32.2. The van der Waals surface area contributed by atoms with Crippen LogP contribution in [0.5, 0.6) is 5.75 Å². The van der Waals surface area contributed by atoms with Crippen molar-refractivity contribution in [3.05, 3.63) is 48.3 Å². The Morgan fingerprint density at radius 1 is 1.19 bits per heavy atom. The standard InChI is InChI=1S/C19H21N3O3S2/c1-22-18(16-8-11-27(23,24)13-16)20-21-19(22)26-10-9-25-17-7-6-14-4-2-3-5-15(14)12-17/h2-7,12,16H,8-11,13H2,1H3/t16-/m0/s1. The van der Waals surface area contributed by atoms with Gasteiger partial charge in [-0.15, -0.1) is 10.2 Å². The van der Waals surface area contributed by atoms with Crippen LogP contribution in [0.25, 0.3) is 10.8 Å². The lowest BCUT2D eigenvalue weighted by atomic mass is 10.1. The molecule has 0 unspecified atom stereocenters. The van der Waals surface area contributed by atoms with Crippen molar-refractivity contribution < 1.29 is 13.2 Å². The first-order chi connectivity index (χ1) is 13.0. The molecule has 0 aliphatic carbocycles. The van der Waals surface area contributed by atoms with Crippen LogP contribution >= 0.6 is 11.8 Å². The average Bonchev–Trinajstić information content (AvgIpc) is 3.20. The highest BCUT2D eigenvalue weighted by Gasteiger charge is 2.32. The van der Waals surface area contributed by atoms with Crippen molar-refractivity contribution in [1.29, 1.82) is 0 Å². The lowest BCUT2D eigenvalue weighted by molar-refractivity contribution is 0.344. The van der Waals surface area contributed by atoms with E-state index >= 15 is 0 Å². The molecule has 1 fully saturated rings. The van der Waals surface area contributed by atoms with Gasteiger partial charge in [0.2, 0.25) is 0 Å². The molecule has 2 heterocycles. The van der Waals surface area contributed by atoms with Crippen molar-refractivity contribution in [1.82, 2.24) is 14.8 Å². The first-order valence-electron chi connectivity index (χ1n) is 8.86. The first kappa shape index (κ1) is 18.3. The van der Waals surface area contributed by atoms with Crippen molar-refractivity contribution in [3.63, 3.8) is 0 Å². The Morgan fingerprint density at radius 2 is 2.00 bits per heavy atom. The van der Waals surface area contributed by atoms with E-state index in [1.165, 1.54) is 5.39 Å². The Kier molecular flexibility index (Phi) is 5.10. The largest absolute Gasteiger partial charge is 0.493 e. The van der Waals surface area contributed by atoms with Gasteiger partial charge in [0.1, 0.15) is 11.6 Å². The van der Waals surface area contributed by atoms with Crippen LogP contribution in [0.1, 0.15) is 18.2 Å². The van der Waals surface area contributed by atoms with Crippen LogP contribution in [0, 0.1) is 0 Å². The van der Waals surface area contributed by atoms with Gasteiger partial charge in [0.25, 0.3) is 0 Å². The molecule has 1 saturated heterocycles. The van der Waals surface area contributed by atoms with Crippen LogP contribution in [0.3, 0.4) is 0 Å². The van der Waals surface area contributed by atoms with E-state index in [-0.39, 0.29) is 17.4 Å². The molecule has 0 N–H and O–H groups in total. The van der Waals surface area contributed by atoms with Crippen LogP contribution in [0.2, 0.25) is 0 Å². The molecule has 1 aliphatic rings. The summed E-state index contributed by atoms with van der Waals surface area (Å²) in [6, 6.07) is 14.3. The molecule has 4 rings (SSSR count). The van der Waals surface area contributed by atoms with Crippen LogP contribution in [0.4, 0.5) is 0 Å². The van der Waals surface area contributed by atoms with Gasteiger partial charge in [-0.05, 0) is 29.3 Å². The van der Waals surface area contributed by atoms with Gasteiger partial charge < -0.3 is 9.30 Å². The summed E-state index contributed by atoms with van der Waals surface area (Å²) in [5.74, 6) is 2.72. The first-order valence-corrected chi connectivity index (χ1v) is 11.7. The number of thioether (sulfide) groups is 1. The zero-order chi connectivity index (χ0) is 18.9. The molecule has 0 bridgehead atoms. The average molecular weight is 404 g/mol. The maximum atomic E-state index is 11.7. The minimum absolute atomic E-state index is 0.0456. The van der Waals surface area contributed by atoms with Gasteiger partial charge in [-0.3, -0.25) is 0 Å². The molecule has 1 aliphatic heterocycles. The fraction of sp³-hybridized carbons (Fsp3) is 0.368. The minimum Gasteiger partial charge on any atom is -0.493 e. The van der Waals surface area contributed by atoms with E-state index < -0.39 is 9.84 Å². The van der Waals surface area contributed by atoms with E-state index in [1.54, 1.807) is 11.8 Å². The number of fused-ring (bicyclic) bond motifs is 1. The lowest BCUT2D eigenvalue weighted by Crippen LogP contribution is -2.09. The summed E-state index contributed by atoms with van der Waals surface area (Å²) in [5, 5.41) is 11.6. The van der Waals surface area contributed by atoms with Crippen LogP contribution in [0.15, 0.2) is 47.6 Å². The predicted molar refractivity (Wildman–Crippen MR) is 107 cm³/mol. The molecular formula is C19H21N3O3S2. The third kappa shape index (κ3) is 4.11. The normalized spacial score (nSPS) is 18.8. The van der Waals surface area contributed by atoms with Crippen molar-refractivity contribution in [2.45, 2.75) is 17.5 Å². The number of aromatic nitrogens is 3.